The van der Waals surface area contributed by atoms with Crippen LogP contribution in [0.5, 0.6) is 0 Å². The fraction of sp³-hybridized carbons (Fsp3) is 0.143. The Morgan fingerprint density at radius 1 is 0.733 bits per heavy atom. The summed E-state index contributed by atoms with van der Waals surface area (Å²) in [6.45, 7) is 0. The molecular weight excluding hydrogens is 204 g/mol. The minimum Gasteiger partial charge on any atom is -0.0843 e. The van der Waals surface area contributed by atoms with Crippen molar-refractivity contribution in [3.05, 3.63) is 70.7 Å². The molecule has 2 rings (SSSR count). The summed E-state index contributed by atoms with van der Waals surface area (Å²) in [5, 5.41) is 0.820. The van der Waals surface area contributed by atoms with Crippen LogP contribution >= 0.6 is 11.6 Å². The molecular formula is C14H13Cl. The molecule has 0 saturated heterocycles. The summed E-state index contributed by atoms with van der Waals surface area (Å²) in [5.41, 5.74) is 2.67. The lowest BCUT2D eigenvalue weighted by Crippen LogP contribution is -1.90. The van der Waals surface area contributed by atoms with Crippen molar-refractivity contribution in [3.8, 4) is 0 Å². The van der Waals surface area contributed by atoms with Crippen LogP contribution in [-0.4, -0.2) is 0 Å². The van der Waals surface area contributed by atoms with Gasteiger partial charge in [-0.3, -0.25) is 0 Å². The van der Waals surface area contributed by atoms with E-state index in [2.05, 4.69) is 30.3 Å². The predicted octanol–water partition coefficient (Wildman–Crippen LogP) is 4.13. The van der Waals surface area contributed by atoms with E-state index in [-0.39, 0.29) is 0 Å². The molecule has 0 aliphatic rings. The maximum absolute atomic E-state index is 5.93. The minimum absolute atomic E-state index is 0.820. The van der Waals surface area contributed by atoms with Gasteiger partial charge in [-0.1, -0.05) is 54.1 Å². The number of halogens is 1. The summed E-state index contributed by atoms with van der Waals surface area (Å²) in [5.74, 6) is 0. The number of hydrogen-bond donors (Lipinski definition) is 0. The molecule has 0 radical (unpaired) electrons. The molecule has 1 heteroatoms. The third kappa shape index (κ3) is 3.10. The van der Waals surface area contributed by atoms with Gasteiger partial charge in [-0.2, -0.15) is 0 Å². The van der Waals surface area contributed by atoms with E-state index < -0.39 is 0 Å². The minimum atomic E-state index is 0.820. The second-order valence-electron chi connectivity index (χ2n) is 3.62. The van der Waals surface area contributed by atoms with Gasteiger partial charge in [-0.05, 0) is 36.1 Å². The van der Waals surface area contributed by atoms with E-state index in [4.69, 9.17) is 11.6 Å². The van der Waals surface area contributed by atoms with Gasteiger partial charge in [0, 0.05) is 5.02 Å². The molecule has 0 amide bonds. The van der Waals surface area contributed by atoms with Crippen LogP contribution < -0.4 is 0 Å². The molecule has 2 aromatic carbocycles. The van der Waals surface area contributed by atoms with E-state index in [1.54, 1.807) is 0 Å². The first-order chi connectivity index (χ1) is 7.34. The van der Waals surface area contributed by atoms with Gasteiger partial charge in [-0.15, -0.1) is 0 Å². The monoisotopic (exact) mass is 216 g/mol. The maximum Gasteiger partial charge on any atom is 0.0408 e. The van der Waals surface area contributed by atoms with Crippen LogP contribution in [0.3, 0.4) is 0 Å². The molecule has 0 aromatic heterocycles. The molecule has 0 aliphatic heterocycles. The molecule has 0 heterocycles. The Balaban J connectivity index is 1.99. The van der Waals surface area contributed by atoms with Crippen molar-refractivity contribution in [2.24, 2.45) is 0 Å². The fourth-order valence-corrected chi connectivity index (χ4v) is 1.84. The van der Waals surface area contributed by atoms with E-state index in [9.17, 15) is 0 Å². The largest absolute Gasteiger partial charge is 0.0843 e. The van der Waals surface area contributed by atoms with Gasteiger partial charge in [0.05, 0.1) is 0 Å². The molecule has 2 aromatic rings. The fourth-order valence-electron chi connectivity index (χ4n) is 1.63. The van der Waals surface area contributed by atoms with E-state index >= 15 is 0 Å². The number of benzene rings is 2. The summed E-state index contributed by atoms with van der Waals surface area (Å²) in [7, 11) is 0. The topological polar surface area (TPSA) is 0 Å². The SMILES string of the molecule is Clc1cccc(CCc2ccccc2)c1. The highest BCUT2D eigenvalue weighted by Crippen LogP contribution is 2.13. The summed E-state index contributed by atoms with van der Waals surface area (Å²) < 4.78 is 0. The zero-order valence-corrected chi connectivity index (χ0v) is 9.24. The van der Waals surface area contributed by atoms with Crippen molar-refractivity contribution in [1.29, 1.82) is 0 Å². The Bertz CT molecular complexity index is 420. The summed E-state index contributed by atoms with van der Waals surface area (Å²) in [4.78, 5) is 0. The van der Waals surface area contributed by atoms with Crippen LogP contribution in [0.1, 0.15) is 11.1 Å². The molecule has 0 fully saturated rings. The van der Waals surface area contributed by atoms with Crippen LogP contribution in [0.25, 0.3) is 0 Å². The van der Waals surface area contributed by atoms with Gasteiger partial charge in [0.25, 0.3) is 0 Å². The third-order valence-electron chi connectivity index (χ3n) is 2.43. The van der Waals surface area contributed by atoms with Crippen molar-refractivity contribution < 1.29 is 0 Å². The molecule has 76 valence electrons. The summed E-state index contributed by atoms with van der Waals surface area (Å²) >= 11 is 5.93. The van der Waals surface area contributed by atoms with Gasteiger partial charge in [-0.25, -0.2) is 0 Å². The Hall–Kier alpha value is -1.27. The normalized spacial score (nSPS) is 10.2. The van der Waals surface area contributed by atoms with Crippen LogP contribution in [0, 0.1) is 0 Å². The van der Waals surface area contributed by atoms with Gasteiger partial charge in [0.1, 0.15) is 0 Å². The number of aryl methyl sites for hydroxylation is 2. The van der Waals surface area contributed by atoms with Gasteiger partial charge in [0.15, 0.2) is 0 Å². The van der Waals surface area contributed by atoms with Gasteiger partial charge in [0.2, 0.25) is 0 Å². The Morgan fingerprint density at radius 3 is 2.13 bits per heavy atom. The van der Waals surface area contributed by atoms with Crippen LogP contribution in [-0.2, 0) is 12.8 Å². The zero-order valence-electron chi connectivity index (χ0n) is 8.49. The molecule has 0 aliphatic carbocycles. The van der Waals surface area contributed by atoms with Crippen molar-refractivity contribution >= 4 is 11.6 Å². The molecule has 0 N–H and O–H groups in total. The summed E-state index contributed by atoms with van der Waals surface area (Å²) in [6, 6.07) is 18.6. The molecule has 0 saturated carbocycles. The predicted molar refractivity (Wildman–Crippen MR) is 65.3 cm³/mol. The van der Waals surface area contributed by atoms with Gasteiger partial charge >= 0.3 is 0 Å². The zero-order chi connectivity index (χ0) is 10.5. The summed E-state index contributed by atoms with van der Waals surface area (Å²) in [6.07, 6.45) is 2.12. The van der Waals surface area contributed by atoms with Crippen molar-refractivity contribution in [2.45, 2.75) is 12.8 Å². The van der Waals surface area contributed by atoms with Crippen molar-refractivity contribution in [1.82, 2.24) is 0 Å². The standard InChI is InChI=1S/C14H13Cl/c15-14-8-4-7-13(11-14)10-9-12-5-2-1-3-6-12/h1-8,11H,9-10H2. The third-order valence-corrected chi connectivity index (χ3v) is 2.67. The first-order valence-corrected chi connectivity index (χ1v) is 5.51. The average molecular weight is 217 g/mol. The highest BCUT2D eigenvalue weighted by atomic mass is 35.5. The van der Waals surface area contributed by atoms with Crippen LogP contribution in [0.2, 0.25) is 5.02 Å². The number of hydrogen-bond acceptors (Lipinski definition) is 0. The lowest BCUT2D eigenvalue weighted by Gasteiger charge is -2.02. The lowest BCUT2D eigenvalue weighted by atomic mass is 10.0. The first-order valence-electron chi connectivity index (χ1n) is 5.13. The van der Waals surface area contributed by atoms with E-state index in [1.807, 2.05) is 24.3 Å². The smallest absolute Gasteiger partial charge is 0.0408 e. The first kappa shape index (κ1) is 10.3. The van der Waals surface area contributed by atoms with Crippen LogP contribution in [0.15, 0.2) is 54.6 Å². The average Bonchev–Trinajstić information content (AvgIpc) is 2.28. The van der Waals surface area contributed by atoms with Crippen molar-refractivity contribution in [3.63, 3.8) is 0 Å². The maximum atomic E-state index is 5.93. The second kappa shape index (κ2) is 4.99. The van der Waals surface area contributed by atoms with Crippen molar-refractivity contribution in [2.75, 3.05) is 0 Å². The Labute approximate surface area is 95.5 Å². The van der Waals surface area contributed by atoms with Gasteiger partial charge < -0.3 is 0 Å². The molecule has 0 nitrogen and oxygen atoms in total. The quantitative estimate of drug-likeness (QED) is 0.724. The molecule has 0 atom stereocenters. The highest BCUT2D eigenvalue weighted by Gasteiger charge is 1.95. The van der Waals surface area contributed by atoms with E-state index in [1.165, 1.54) is 11.1 Å². The lowest BCUT2D eigenvalue weighted by molar-refractivity contribution is 0.960. The van der Waals surface area contributed by atoms with Crippen LogP contribution in [0.4, 0.5) is 0 Å². The Kier molecular flexibility index (Phi) is 3.41. The Morgan fingerprint density at radius 2 is 1.40 bits per heavy atom. The molecule has 0 spiro atoms. The van der Waals surface area contributed by atoms with E-state index in [0.717, 1.165) is 17.9 Å². The molecule has 15 heavy (non-hydrogen) atoms. The number of rotatable bonds is 3. The molecule has 0 bridgehead atoms. The molecule has 0 unspecified atom stereocenters. The highest BCUT2D eigenvalue weighted by molar-refractivity contribution is 6.30. The van der Waals surface area contributed by atoms with E-state index in [0.29, 0.717) is 0 Å². The second-order valence-corrected chi connectivity index (χ2v) is 4.05.